The molecule has 3 rings (SSSR count). The quantitative estimate of drug-likeness (QED) is 0.866. The summed E-state index contributed by atoms with van der Waals surface area (Å²) in [6.07, 6.45) is 0. The molecule has 4 nitrogen and oxygen atoms in total. The van der Waals surface area contributed by atoms with Crippen LogP contribution in [-0.4, -0.2) is 38.4 Å². The molecular formula is C13H18N2O2S. The van der Waals surface area contributed by atoms with Gasteiger partial charge in [0.15, 0.2) is 0 Å². The van der Waals surface area contributed by atoms with Crippen LogP contribution in [0.4, 0.5) is 0 Å². The predicted molar refractivity (Wildman–Crippen MR) is 69.6 cm³/mol. The van der Waals surface area contributed by atoms with Crippen molar-refractivity contribution in [2.24, 2.45) is 11.8 Å². The van der Waals surface area contributed by atoms with E-state index in [1.807, 2.05) is 13.0 Å². The molecule has 3 unspecified atom stereocenters. The third kappa shape index (κ3) is 1.77. The second-order valence-electron chi connectivity index (χ2n) is 5.21. The maximum absolute atomic E-state index is 12.6. The Balaban J connectivity index is 1.92. The monoisotopic (exact) mass is 266 g/mol. The van der Waals surface area contributed by atoms with Gasteiger partial charge >= 0.3 is 0 Å². The first-order valence-corrected chi connectivity index (χ1v) is 7.82. The normalized spacial score (nSPS) is 32.6. The molecule has 3 atom stereocenters. The van der Waals surface area contributed by atoms with Crippen LogP contribution in [-0.2, 0) is 10.0 Å². The molecule has 0 aromatic heterocycles. The number of fused-ring (bicyclic) bond motifs is 1. The zero-order chi connectivity index (χ0) is 12.8. The van der Waals surface area contributed by atoms with Crippen LogP contribution < -0.4 is 5.32 Å². The molecule has 2 fully saturated rings. The van der Waals surface area contributed by atoms with Crippen molar-refractivity contribution in [3.8, 4) is 0 Å². The average Bonchev–Trinajstić information content (AvgIpc) is 2.94. The Hall–Kier alpha value is -0.910. The van der Waals surface area contributed by atoms with Crippen molar-refractivity contribution < 1.29 is 8.42 Å². The number of sulfonamides is 1. The maximum Gasteiger partial charge on any atom is 0.243 e. The lowest BCUT2D eigenvalue weighted by Crippen LogP contribution is -2.38. The molecule has 0 amide bonds. The molecule has 1 aromatic carbocycles. The van der Waals surface area contributed by atoms with E-state index >= 15 is 0 Å². The Morgan fingerprint density at radius 1 is 1.22 bits per heavy atom. The van der Waals surface area contributed by atoms with Gasteiger partial charge in [-0.3, -0.25) is 0 Å². The molecule has 0 radical (unpaired) electrons. The number of hydrogen-bond donors (Lipinski definition) is 1. The molecule has 2 aliphatic rings. The molecule has 18 heavy (non-hydrogen) atoms. The van der Waals surface area contributed by atoms with E-state index in [2.05, 4.69) is 5.32 Å². The van der Waals surface area contributed by atoms with Crippen molar-refractivity contribution >= 4 is 10.0 Å². The summed E-state index contributed by atoms with van der Waals surface area (Å²) in [7, 11) is -3.32. The minimum atomic E-state index is -3.32. The minimum absolute atomic E-state index is 0.0928. The Morgan fingerprint density at radius 2 is 1.94 bits per heavy atom. The zero-order valence-corrected chi connectivity index (χ0v) is 11.2. The highest BCUT2D eigenvalue weighted by atomic mass is 32.2. The van der Waals surface area contributed by atoms with E-state index < -0.39 is 10.0 Å². The van der Waals surface area contributed by atoms with E-state index in [1.165, 1.54) is 0 Å². The van der Waals surface area contributed by atoms with Crippen LogP contribution in [0.5, 0.6) is 0 Å². The topological polar surface area (TPSA) is 49.4 Å². The van der Waals surface area contributed by atoms with Gasteiger partial charge < -0.3 is 5.32 Å². The van der Waals surface area contributed by atoms with Gasteiger partial charge in [0.2, 0.25) is 10.0 Å². The first kappa shape index (κ1) is 12.1. The van der Waals surface area contributed by atoms with Gasteiger partial charge in [0.05, 0.1) is 4.90 Å². The van der Waals surface area contributed by atoms with Crippen molar-refractivity contribution in [1.82, 2.24) is 9.62 Å². The van der Waals surface area contributed by atoms with Gasteiger partial charge in [0, 0.05) is 12.6 Å². The lowest BCUT2D eigenvalue weighted by atomic mass is 9.95. The standard InChI is InChI=1S/C13H18N2O2S/c1-10-13-8-14-7-11(13)9-15(10)18(16,17)12-5-3-2-4-6-12/h2-6,10-11,13-14H,7-9H2,1H3. The van der Waals surface area contributed by atoms with Crippen molar-refractivity contribution in [3.05, 3.63) is 30.3 Å². The number of nitrogens with one attached hydrogen (secondary N) is 1. The van der Waals surface area contributed by atoms with Crippen LogP contribution in [0.15, 0.2) is 35.2 Å². The SMILES string of the molecule is CC1C2CNCC2CN1S(=O)(=O)c1ccccc1. The van der Waals surface area contributed by atoms with E-state index in [0.717, 1.165) is 13.1 Å². The molecule has 0 saturated carbocycles. The van der Waals surface area contributed by atoms with E-state index in [-0.39, 0.29) is 6.04 Å². The first-order chi connectivity index (χ1) is 8.60. The van der Waals surface area contributed by atoms with E-state index in [4.69, 9.17) is 0 Å². The first-order valence-electron chi connectivity index (χ1n) is 6.38. The van der Waals surface area contributed by atoms with E-state index in [0.29, 0.717) is 23.3 Å². The highest BCUT2D eigenvalue weighted by Crippen LogP contribution is 2.35. The van der Waals surface area contributed by atoms with Crippen LogP contribution in [0.1, 0.15) is 6.92 Å². The number of rotatable bonds is 2. The molecule has 1 N–H and O–H groups in total. The van der Waals surface area contributed by atoms with Crippen LogP contribution in [0.3, 0.4) is 0 Å². The zero-order valence-electron chi connectivity index (χ0n) is 10.4. The lowest BCUT2D eigenvalue weighted by molar-refractivity contribution is 0.360. The van der Waals surface area contributed by atoms with Gasteiger partial charge in [-0.2, -0.15) is 4.31 Å². The second kappa shape index (κ2) is 4.33. The summed E-state index contributed by atoms with van der Waals surface area (Å²) >= 11 is 0. The molecule has 0 aliphatic carbocycles. The molecule has 98 valence electrons. The average molecular weight is 266 g/mol. The van der Waals surface area contributed by atoms with Crippen molar-refractivity contribution in [2.75, 3.05) is 19.6 Å². The van der Waals surface area contributed by atoms with Crippen molar-refractivity contribution in [2.45, 2.75) is 17.9 Å². The number of benzene rings is 1. The van der Waals surface area contributed by atoms with Crippen LogP contribution in [0.25, 0.3) is 0 Å². The summed E-state index contributed by atoms with van der Waals surface area (Å²) in [4.78, 5) is 0.407. The number of nitrogens with zero attached hydrogens (tertiary/aromatic N) is 1. The molecule has 2 saturated heterocycles. The van der Waals surface area contributed by atoms with Crippen LogP contribution in [0.2, 0.25) is 0 Å². The summed E-state index contributed by atoms with van der Waals surface area (Å²) in [5, 5.41) is 3.34. The highest BCUT2D eigenvalue weighted by Gasteiger charge is 2.46. The van der Waals surface area contributed by atoms with Crippen molar-refractivity contribution in [3.63, 3.8) is 0 Å². The van der Waals surface area contributed by atoms with E-state index in [9.17, 15) is 8.42 Å². The third-order valence-electron chi connectivity index (χ3n) is 4.23. The van der Waals surface area contributed by atoms with Crippen molar-refractivity contribution in [1.29, 1.82) is 0 Å². The predicted octanol–water partition coefficient (Wildman–Crippen LogP) is 0.915. The minimum Gasteiger partial charge on any atom is -0.316 e. The fraction of sp³-hybridized carbons (Fsp3) is 0.538. The van der Waals surface area contributed by atoms with Gasteiger partial charge in [-0.1, -0.05) is 18.2 Å². The van der Waals surface area contributed by atoms with Gasteiger partial charge in [-0.05, 0) is 44.0 Å². The summed E-state index contributed by atoms with van der Waals surface area (Å²) in [5.41, 5.74) is 0. The largest absolute Gasteiger partial charge is 0.316 e. The van der Waals surface area contributed by atoms with Gasteiger partial charge in [-0.15, -0.1) is 0 Å². The Morgan fingerprint density at radius 3 is 2.61 bits per heavy atom. The molecular weight excluding hydrogens is 248 g/mol. The Bertz CT molecular complexity index is 529. The molecule has 0 spiro atoms. The number of hydrogen-bond acceptors (Lipinski definition) is 3. The summed E-state index contributed by atoms with van der Waals surface area (Å²) in [5.74, 6) is 0.932. The summed E-state index contributed by atoms with van der Waals surface area (Å²) in [6, 6.07) is 8.83. The fourth-order valence-corrected chi connectivity index (χ4v) is 4.93. The van der Waals surface area contributed by atoms with Gasteiger partial charge in [0.25, 0.3) is 0 Å². The van der Waals surface area contributed by atoms with Crippen LogP contribution >= 0.6 is 0 Å². The lowest BCUT2D eigenvalue weighted by Gasteiger charge is -2.23. The third-order valence-corrected chi connectivity index (χ3v) is 6.20. The van der Waals surface area contributed by atoms with Gasteiger partial charge in [0.1, 0.15) is 0 Å². The Kier molecular flexibility index (Phi) is 2.92. The maximum atomic E-state index is 12.6. The van der Waals surface area contributed by atoms with Gasteiger partial charge in [-0.25, -0.2) is 8.42 Å². The van der Waals surface area contributed by atoms with E-state index in [1.54, 1.807) is 28.6 Å². The molecule has 0 bridgehead atoms. The molecule has 5 heteroatoms. The Labute approximate surface area is 108 Å². The molecule has 2 aliphatic heterocycles. The van der Waals surface area contributed by atoms with Crippen LogP contribution in [0, 0.1) is 11.8 Å². The smallest absolute Gasteiger partial charge is 0.243 e. The summed E-state index contributed by atoms with van der Waals surface area (Å²) in [6.45, 7) is 4.55. The molecule has 2 heterocycles. The highest BCUT2D eigenvalue weighted by molar-refractivity contribution is 7.89. The summed E-state index contributed by atoms with van der Waals surface area (Å²) < 4.78 is 26.8. The fourth-order valence-electron chi connectivity index (χ4n) is 3.17. The molecule has 1 aromatic rings. The second-order valence-corrected chi connectivity index (χ2v) is 7.10.